The van der Waals surface area contributed by atoms with E-state index >= 15 is 0 Å². The lowest BCUT2D eigenvalue weighted by atomic mass is 10.0. The van der Waals surface area contributed by atoms with E-state index in [1.54, 1.807) is 36.4 Å². The molecule has 0 N–H and O–H groups in total. The molecule has 0 radical (unpaired) electrons. The first-order chi connectivity index (χ1) is 35.6. The van der Waals surface area contributed by atoms with Gasteiger partial charge in [0.05, 0.1) is 38.4 Å². The van der Waals surface area contributed by atoms with E-state index in [9.17, 15) is 13.7 Å². The van der Waals surface area contributed by atoms with Crippen LogP contribution >= 0.6 is 0 Å². The molecular formula is C51H34N4. The highest BCUT2D eigenvalue weighted by atomic mass is 15.0. The van der Waals surface area contributed by atoms with Crippen molar-refractivity contribution in [1.82, 2.24) is 19.5 Å². The molecule has 0 atom stereocenters. The summed E-state index contributed by atoms with van der Waals surface area (Å²) in [5, 5.41) is -0.989. The summed E-state index contributed by atoms with van der Waals surface area (Å²) in [5.41, 5.74) is -2.09. The lowest BCUT2D eigenvalue weighted by Crippen LogP contribution is -2.00. The zero-order valence-electron chi connectivity index (χ0n) is 48.4. The van der Waals surface area contributed by atoms with Crippen LogP contribution in [0.1, 0.15) is 27.4 Å². The van der Waals surface area contributed by atoms with Crippen molar-refractivity contribution in [3.8, 4) is 73.2 Å². The van der Waals surface area contributed by atoms with Crippen LogP contribution in [0.2, 0.25) is 0 Å². The van der Waals surface area contributed by atoms with Crippen LogP contribution in [-0.2, 0) is 0 Å². The molecule has 0 unspecified atom stereocenters. The van der Waals surface area contributed by atoms with Gasteiger partial charge in [-0.2, -0.15) is 0 Å². The molecule has 0 aliphatic heterocycles. The van der Waals surface area contributed by atoms with Crippen molar-refractivity contribution >= 4 is 21.8 Å². The molecule has 0 aliphatic rings. The molecule has 0 spiro atoms. The Bertz CT molecular complexity index is 4040. The smallest absolute Gasteiger partial charge is 0.164 e. The van der Waals surface area contributed by atoms with Gasteiger partial charge in [0.15, 0.2) is 17.5 Å². The minimum atomic E-state index is -0.961. The Kier molecular flexibility index (Phi) is 4.43. The molecule has 2 heterocycles. The van der Waals surface area contributed by atoms with Crippen molar-refractivity contribution in [1.29, 1.82) is 0 Å². The standard InChI is InChI=1S/C51H34N4/c1-4-13-35(14-5-1)41-19-12-20-43(33-41)51-53-49(39-17-8-3-9-18-39)52-50(54-51)40-25-23-37(24-26-40)38-27-30-44(31-28-38)55-47-22-11-10-21-45(47)46-34-42(29-32-48(46)55)36-15-6-2-7-16-36/h1-34H/i2D,6D,7D,10D,11D,15D,16D,21D,22D,23D,24D,25D,26D,27D,28D,29D,30D,31D,32D,34D. The van der Waals surface area contributed by atoms with E-state index in [1.165, 1.54) is 0 Å². The average Bonchev–Trinajstić information content (AvgIpc) is 3.78. The zero-order chi connectivity index (χ0) is 54.0. The normalized spacial score (nSPS) is 16.4. The molecule has 55 heavy (non-hydrogen) atoms. The summed E-state index contributed by atoms with van der Waals surface area (Å²) in [6.45, 7) is 0. The predicted molar refractivity (Wildman–Crippen MR) is 227 cm³/mol. The maximum atomic E-state index is 9.45. The third-order valence-corrected chi connectivity index (χ3v) is 8.74. The molecule has 0 saturated carbocycles. The van der Waals surface area contributed by atoms with Crippen LogP contribution in [0.3, 0.4) is 0 Å². The van der Waals surface area contributed by atoms with Crippen molar-refractivity contribution in [2.45, 2.75) is 0 Å². The second-order valence-corrected chi connectivity index (χ2v) is 12.1. The minimum absolute atomic E-state index is 0.138. The van der Waals surface area contributed by atoms with E-state index in [4.69, 9.17) is 18.7 Å². The first-order valence-corrected chi connectivity index (χ1v) is 16.9. The van der Waals surface area contributed by atoms with Crippen molar-refractivity contribution in [3.63, 3.8) is 0 Å². The highest BCUT2D eigenvalue weighted by Gasteiger charge is 2.15. The third kappa shape index (κ3) is 6.16. The van der Waals surface area contributed by atoms with E-state index < -0.39 is 171 Å². The van der Waals surface area contributed by atoms with Crippen LogP contribution in [0.4, 0.5) is 0 Å². The largest absolute Gasteiger partial charge is 0.309 e. The molecule has 0 fully saturated rings. The van der Waals surface area contributed by atoms with E-state index in [-0.39, 0.29) is 23.0 Å². The molecular weight excluding hydrogens is 669 g/mol. The van der Waals surface area contributed by atoms with Gasteiger partial charge in [0.2, 0.25) is 0 Å². The summed E-state index contributed by atoms with van der Waals surface area (Å²) in [4.78, 5) is 14.0. The number of benzene rings is 8. The number of nitrogens with zero attached hydrogens (tertiary/aromatic N) is 4. The fourth-order valence-corrected chi connectivity index (χ4v) is 6.13. The van der Waals surface area contributed by atoms with Crippen molar-refractivity contribution in [2.75, 3.05) is 0 Å². The summed E-state index contributed by atoms with van der Waals surface area (Å²) < 4.78 is 181. The molecule has 0 bridgehead atoms. The fourth-order valence-electron chi connectivity index (χ4n) is 6.13. The summed E-state index contributed by atoms with van der Waals surface area (Å²) in [7, 11) is 0. The number of rotatable bonds is 7. The van der Waals surface area contributed by atoms with Gasteiger partial charge in [-0.15, -0.1) is 0 Å². The van der Waals surface area contributed by atoms with Gasteiger partial charge >= 0.3 is 0 Å². The first kappa shape index (κ1) is 17.6. The zero-order valence-corrected chi connectivity index (χ0v) is 28.4. The highest BCUT2D eigenvalue weighted by molar-refractivity contribution is 6.10. The third-order valence-electron chi connectivity index (χ3n) is 8.74. The SMILES string of the molecule is [2H]c1c([2H])c([2H])c(-c2c([2H])c([2H])c3c(c2[2H])c2c([2H])c([2H])c([2H])c([2H])c2n3-c2c([2H])c([2H])c(-c3c([2H])c([2H])c(-c4nc(-c5ccccc5)nc(-c5cccc(-c6ccccc6)c5)n4)c([2H])c3[2H])c([2H])c2[2H])c([2H])c1[2H]. The fraction of sp³-hybridized carbons (Fsp3) is 0. The molecule has 10 aromatic rings. The van der Waals surface area contributed by atoms with E-state index in [0.717, 1.165) is 15.7 Å². The van der Waals surface area contributed by atoms with Crippen LogP contribution in [0.15, 0.2) is 206 Å². The molecule has 0 saturated heterocycles. The Hall–Kier alpha value is -7.43. The second-order valence-electron chi connectivity index (χ2n) is 12.1. The second kappa shape index (κ2) is 13.8. The Labute approximate surface area is 347 Å². The Morgan fingerprint density at radius 2 is 0.855 bits per heavy atom. The van der Waals surface area contributed by atoms with Gasteiger partial charge in [-0.05, 0) is 69.7 Å². The van der Waals surface area contributed by atoms with Crippen molar-refractivity contribution in [2.24, 2.45) is 0 Å². The van der Waals surface area contributed by atoms with Crippen LogP contribution in [0, 0.1) is 0 Å². The van der Waals surface area contributed by atoms with E-state index in [0.29, 0.717) is 11.1 Å². The van der Waals surface area contributed by atoms with E-state index in [1.807, 2.05) is 48.5 Å². The van der Waals surface area contributed by atoms with Crippen LogP contribution in [-0.4, -0.2) is 19.5 Å². The van der Waals surface area contributed by atoms with Gasteiger partial charge in [0, 0.05) is 33.2 Å². The molecule has 0 aliphatic carbocycles. The Balaban J connectivity index is 1.21. The minimum Gasteiger partial charge on any atom is -0.309 e. The van der Waals surface area contributed by atoms with Crippen molar-refractivity contribution in [3.05, 3.63) is 206 Å². The first-order valence-electron chi connectivity index (χ1n) is 26.9. The van der Waals surface area contributed by atoms with Gasteiger partial charge in [-0.3, -0.25) is 0 Å². The molecule has 4 heteroatoms. The van der Waals surface area contributed by atoms with Gasteiger partial charge in [0.1, 0.15) is 0 Å². The lowest BCUT2D eigenvalue weighted by Gasteiger charge is -2.11. The number of hydrogen-bond donors (Lipinski definition) is 0. The van der Waals surface area contributed by atoms with Gasteiger partial charge in [-0.1, -0.05) is 169 Å². The monoisotopic (exact) mass is 722 g/mol. The summed E-state index contributed by atoms with van der Waals surface area (Å²) in [6, 6.07) is 8.90. The van der Waals surface area contributed by atoms with Crippen molar-refractivity contribution < 1.29 is 27.4 Å². The summed E-state index contributed by atoms with van der Waals surface area (Å²) >= 11 is 0. The molecule has 4 nitrogen and oxygen atoms in total. The summed E-state index contributed by atoms with van der Waals surface area (Å²) in [5.74, 6) is 0.0311. The van der Waals surface area contributed by atoms with Crippen LogP contribution < -0.4 is 0 Å². The molecule has 8 aromatic carbocycles. The van der Waals surface area contributed by atoms with Gasteiger partial charge in [-0.25, -0.2) is 15.0 Å². The number of fused-ring (bicyclic) bond motifs is 3. The van der Waals surface area contributed by atoms with Crippen LogP contribution in [0.25, 0.3) is 95.0 Å². The number of para-hydroxylation sites is 1. The molecule has 0 amide bonds. The number of aromatic nitrogens is 4. The topological polar surface area (TPSA) is 43.6 Å². The molecule has 258 valence electrons. The highest BCUT2D eigenvalue weighted by Crippen LogP contribution is 2.36. The average molecular weight is 723 g/mol. The van der Waals surface area contributed by atoms with Gasteiger partial charge < -0.3 is 4.57 Å². The number of hydrogen-bond acceptors (Lipinski definition) is 3. The van der Waals surface area contributed by atoms with Gasteiger partial charge in [0.25, 0.3) is 0 Å². The molecule has 10 rings (SSSR count). The molecule has 2 aromatic heterocycles. The summed E-state index contributed by atoms with van der Waals surface area (Å²) in [6.07, 6.45) is 0. The lowest BCUT2D eigenvalue weighted by molar-refractivity contribution is 1.07. The quantitative estimate of drug-likeness (QED) is 0.164. The predicted octanol–water partition coefficient (Wildman–Crippen LogP) is 13.0. The van der Waals surface area contributed by atoms with Crippen LogP contribution in [0.5, 0.6) is 0 Å². The maximum Gasteiger partial charge on any atom is 0.164 e. The Morgan fingerprint density at radius 1 is 0.345 bits per heavy atom. The Morgan fingerprint density at radius 3 is 1.58 bits per heavy atom. The maximum absolute atomic E-state index is 9.45. The van der Waals surface area contributed by atoms with E-state index in [2.05, 4.69) is 9.97 Å².